The Morgan fingerprint density at radius 3 is 2.60 bits per heavy atom. The molecule has 0 aliphatic carbocycles. The number of halogens is 2. The summed E-state index contributed by atoms with van der Waals surface area (Å²) in [7, 11) is -2.24. The van der Waals surface area contributed by atoms with Crippen LogP contribution in [0.5, 0.6) is 0 Å². The van der Waals surface area contributed by atoms with Gasteiger partial charge in [0.05, 0.1) is 10.2 Å². The van der Waals surface area contributed by atoms with Crippen LogP contribution in [0, 0.1) is 5.82 Å². The number of ether oxygens (including phenoxy) is 1. The Hall–Kier alpha value is -0.700. The van der Waals surface area contributed by atoms with Gasteiger partial charge in [-0.3, -0.25) is 0 Å². The lowest BCUT2D eigenvalue weighted by Crippen LogP contribution is -2.40. The molecular formula is C12H16BrFN2O3S. The number of hydrogen-bond donors (Lipinski definition) is 1. The van der Waals surface area contributed by atoms with E-state index in [1.54, 1.807) is 0 Å². The molecule has 0 atom stereocenters. The predicted octanol–water partition coefficient (Wildman–Crippen LogP) is 1.97. The van der Waals surface area contributed by atoms with E-state index in [1.807, 2.05) is 0 Å². The van der Waals surface area contributed by atoms with Crippen molar-refractivity contribution in [2.45, 2.75) is 23.8 Å². The third kappa shape index (κ3) is 2.98. The molecule has 1 aliphatic rings. The highest BCUT2D eigenvalue weighted by Gasteiger charge is 2.31. The minimum atomic E-state index is -3.75. The van der Waals surface area contributed by atoms with Gasteiger partial charge >= 0.3 is 0 Å². The summed E-state index contributed by atoms with van der Waals surface area (Å²) in [5, 5.41) is 0. The van der Waals surface area contributed by atoms with Gasteiger partial charge < -0.3 is 10.5 Å². The Morgan fingerprint density at radius 1 is 1.40 bits per heavy atom. The molecule has 0 bridgehead atoms. The SMILES string of the molecule is CN(C1CCOCC1)S(=O)(=O)c1cc(Br)c(F)cc1N. The summed E-state index contributed by atoms with van der Waals surface area (Å²) < 4.78 is 45.1. The maximum Gasteiger partial charge on any atom is 0.245 e. The van der Waals surface area contributed by atoms with E-state index < -0.39 is 15.8 Å². The molecule has 1 saturated heterocycles. The molecule has 8 heteroatoms. The molecule has 0 saturated carbocycles. The lowest BCUT2D eigenvalue weighted by Gasteiger charge is -2.30. The summed E-state index contributed by atoms with van der Waals surface area (Å²) in [6.45, 7) is 1.07. The van der Waals surface area contributed by atoms with Gasteiger partial charge in [-0.15, -0.1) is 0 Å². The number of nitrogens with two attached hydrogens (primary N) is 1. The lowest BCUT2D eigenvalue weighted by atomic mass is 10.1. The molecule has 2 rings (SSSR count). The summed E-state index contributed by atoms with van der Waals surface area (Å²) in [6, 6.07) is 2.09. The number of benzene rings is 1. The van der Waals surface area contributed by atoms with Crippen molar-refractivity contribution in [3.63, 3.8) is 0 Å². The number of hydrogen-bond acceptors (Lipinski definition) is 4. The lowest BCUT2D eigenvalue weighted by molar-refractivity contribution is 0.0632. The molecule has 0 amide bonds. The Balaban J connectivity index is 2.36. The van der Waals surface area contributed by atoms with Gasteiger partial charge in [0.1, 0.15) is 10.7 Å². The Kier molecular flexibility index (Phi) is 4.68. The molecular weight excluding hydrogens is 351 g/mol. The van der Waals surface area contributed by atoms with Crippen molar-refractivity contribution in [1.29, 1.82) is 0 Å². The van der Waals surface area contributed by atoms with E-state index in [-0.39, 0.29) is 21.1 Å². The summed E-state index contributed by atoms with van der Waals surface area (Å²) in [5.41, 5.74) is 5.56. The average Bonchev–Trinajstić information content (AvgIpc) is 2.42. The molecule has 0 aromatic heterocycles. The molecule has 1 heterocycles. The van der Waals surface area contributed by atoms with Gasteiger partial charge in [-0.05, 0) is 40.9 Å². The molecule has 1 aromatic carbocycles. The van der Waals surface area contributed by atoms with Gasteiger partial charge in [0.15, 0.2) is 0 Å². The summed E-state index contributed by atoms with van der Waals surface area (Å²) >= 11 is 2.98. The number of rotatable bonds is 3. The zero-order chi connectivity index (χ0) is 14.9. The fraction of sp³-hybridized carbons (Fsp3) is 0.500. The second-order valence-electron chi connectivity index (χ2n) is 4.67. The van der Waals surface area contributed by atoms with Crippen LogP contribution < -0.4 is 5.73 Å². The van der Waals surface area contributed by atoms with Gasteiger partial charge in [-0.25, -0.2) is 12.8 Å². The third-order valence-corrected chi connectivity index (χ3v) is 5.99. The Morgan fingerprint density at radius 2 is 2.00 bits per heavy atom. The number of nitrogen functional groups attached to an aromatic ring is 1. The van der Waals surface area contributed by atoms with E-state index in [2.05, 4.69) is 15.9 Å². The van der Waals surface area contributed by atoms with E-state index in [4.69, 9.17) is 10.5 Å². The van der Waals surface area contributed by atoms with Crippen molar-refractivity contribution < 1.29 is 17.5 Å². The maximum atomic E-state index is 13.4. The van der Waals surface area contributed by atoms with E-state index >= 15 is 0 Å². The van der Waals surface area contributed by atoms with Crippen LogP contribution in [0.3, 0.4) is 0 Å². The number of anilines is 1. The topological polar surface area (TPSA) is 72.6 Å². The first kappa shape index (κ1) is 15.7. The molecule has 1 aliphatic heterocycles. The van der Waals surface area contributed by atoms with Crippen LogP contribution in [0.4, 0.5) is 10.1 Å². The number of sulfonamides is 1. The quantitative estimate of drug-likeness (QED) is 0.830. The van der Waals surface area contributed by atoms with Crippen LogP contribution in [0.2, 0.25) is 0 Å². The molecule has 5 nitrogen and oxygen atoms in total. The van der Waals surface area contributed by atoms with E-state index in [9.17, 15) is 12.8 Å². The second-order valence-corrected chi connectivity index (χ2v) is 7.49. The second kappa shape index (κ2) is 5.97. The predicted molar refractivity (Wildman–Crippen MR) is 77.3 cm³/mol. The highest BCUT2D eigenvalue weighted by molar-refractivity contribution is 9.10. The Bertz CT molecular complexity index is 603. The van der Waals surface area contributed by atoms with Crippen molar-refractivity contribution in [3.8, 4) is 0 Å². The summed E-state index contributed by atoms with van der Waals surface area (Å²) in [4.78, 5) is -0.0835. The number of nitrogens with zero attached hydrogens (tertiary/aromatic N) is 1. The zero-order valence-electron chi connectivity index (χ0n) is 11.0. The highest BCUT2D eigenvalue weighted by atomic mass is 79.9. The van der Waals surface area contributed by atoms with Crippen LogP contribution in [0.15, 0.2) is 21.5 Å². The van der Waals surface area contributed by atoms with Crippen LogP contribution in [-0.4, -0.2) is 39.0 Å². The molecule has 0 radical (unpaired) electrons. The van der Waals surface area contributed by atoms with Gasteiger partial charge in [-0.2, -0.15) is 4.31 Å². The Labute approximate surface area is 126 Å². The fourth-order valence-electron chi connectivity index (χ4n) is 2.17. The average molecular weight is 367 g/mol. The van der Waals surface area contributed by atoms with Gasteiger partial charge in [-0.1, -0.05) is 0 Å². The molecule has 2 N–H and O–H groups in total. The van der Waals surface area contributed by atoms with Crippen molar-refractivity contribution in [3.05, 3.63) is 22.4 Å². The summed E-state index contributed by atoms with van der Waals surface area (Å²) in [6.07, 6.45) is 1.27. The maximum absolute atomic E-state index is 13.4. The van der Waals surface area contributed by atoms with Crippen molar-refractivity contribution in [2.24, 2.45) is 0 Å². The molecule has 1 aromatic rings. The fourth-order valence-corrected chi connectivity index (χ4v) is 4.20. The largest absolute Gasteiger partial charge is 0.398 e. The highest BCUT2D eigenvalue weighted by Crippen LogP contribution is 2.30. The molecule has 0 unspecified atom stereocenters. The standard InChI is InChI=1S/C12H16BrFN2O3S/c1-16(8-2-4-19-5-3-8)20(17,18)12-6-9(13)10(14)7-11(12)15/h6-8H,2-5,15H2,1H3. The first-order valence-corrected chi connectivity index (χ1v) is 8.37. The van der Waals surface area contributed by atoms with Gasteiger partial charge in [0.2, 0.25) is 10.0 Å². The minimum Gasteiger partial charge on any atom is -0.398 e. The normalized spacial score (nSPS) is 17.6. The van der Waals surface area contributed by atoms with Crippen LogP contribution in [-0.2, 0) is 14.8 Å². The molecule has 1 fully saturated rings. The van der Waals surface area contributed by atoms with E-state index in [1.165, 1.54) is 17.4 Å². The van der Waals surface area contributed by atoms with Crippen LogP contribution in [0.1, 0.15) is 12.8 Å². The minimum absolute atomic E-state index is 0.0747. The smallest absolute Gasteiger partial charge is 0.245 e. The monoisotopic (exact) mass is 366 g/mol. The van der Waals surface area contributed by atoms with E-state index in [0.717, 1.165) is 6.07 Å². The molecule has 112 valence electrons. The van der Waals surface area contributed by atoms with Crippen molar-refractivity contribution in [1.82, 2.24) is 4.31 Å². The van der Waals surface area contributed by atoms with Crippen molar-refractivity contribution in [2.75, 3.05) is 26.0 Å². The third-order valence-electron chi connectivity index (χ3n) is 3.41. The van der Waals surface area contributed by atoms with Crippen LogP contribution >= 0.6 is 15.9 Å². The zero-order valence-corrected chi connectivity index (χ0v) is 13.4. The van der Waals surface area contributed by atoms with E-state index in [0.29, 0.717) is 26.1 Å². The molecule has 20 heavy (non-hydrogen) atoms. The first-order valence-electron chi connectivity index (χ1n) is 6.14. The van der Waals surface area contributed by atoms with Gasteiger partial charge in [0.25, 0.3) is 0 Å². The van der Waals surface area contributed by atoms with Crippen molar-refractivity contribution >= 4 is 31.6 Å². The van der Waals surface area contributed by atoms with Crippen LogP contribution in [0.25, 0.3) is 0 Å². The first-order chi connectivity index (χ1) is 9.34. The summed E-state index contributed by atoms with van der Waals surface area (Å²) in [5.74, 6) is -0.588. The van der Waals surface area contributed by atoms with Gasteiger partial charge in [0, 0.05) is 26.3 Å². The molecule has 0 spiro atoms.